The van der Waals surface area contributed by atoms with Gasteiger partial charge in [0.05, 0.1) is 0 Å². The Morgan fingerprint density at radius 1 is 1.46 bits per heavy atom. The van der Waals surface area contributed by atoms with E-state index in [9.17, 15) is 18.9 Å². The fraction of sp³-hybridized carbons (Fsp3) is 0.143. The number of alkyl halides is 2. The molecule has 3 nitrogen and oxygen atoms in total. The molecule has 0 atom stereocenters. The number of hydrogen-bond acceptors (Lipinski definition) is 2. The predicted molar refractivity (Wildman–Crippen MR) is 45.0 cm³/mol. The van der Waals surface area contributed by atoms with Crippen molar-refractivity contribution in [1.29, 1.82) is 0 Å². The van der Waals surface area contributed by atoms with E-state index in [1.54, 1.807) is 0 Å². The maximum Gasteiger partial charge on any atom is 0.539 e. The van der Waals surface area contributed by atoms with Crippen molar-refractivity contribution in [3.05, 3.63) is 44.4 Å². The SMILES string of the molecule is O=[N+]([O-])C(F)(F)c1cccc(Br)c1. The van der Waals surface area contributed by atoms with Gasteiger partial charge in [-0.15, -0.1) is 8.78 Å². The van der Waals surface area contributed by atoms with E-state index in [-0.39, 0.29) is 0 Å². The van der Waals surface area contributed by atoms with E-state index >= 15 is 0 Å². The lowest BCUT2D eigenvalue weighted by Crippen LogP contribution is -2.24. The van der Waals surface area contributed by atoms with E-state index in [0.717, 1.165) is 12.1 Å². The largest absolute Gasteiger partial charge is 0.539 e. The summed E-state index contributed by atoms with van der Waals surface area (Å²) in [5.74, 6) is 0. The summed E-state index contributed by atoms with van der Waals surface area (Å²) in [4.78, 5) is 8.36. The number of benzene rings is 1. The number of rotatable bonds is 2. The zero-order chi connectivity index (χ0) is 10.1. The van der Waals surface area contributed by atoms with E-state index < -0.39 is 16.5 Å². The van der Waals surface area contributed by atoms with E-state index in [1.165, 1.54) is 12.1 Å². The molecule has 70 valence electrons. The van der Waals surface area contributed by atoms with Gasteiger partial charge in [0.25, 0.3) is 0 Å². The van der Waals surface area contributed by atoms with Crippen molar-refractivity contribution < 1.29 is 13.7 Å². The van der Waals surface area contributed by atoms with E-state index in [1.807, 2.05) is 0 Å². The van der Waals surface area contributed by atoms with E-state index in [2.05, 4.69) is 15.9 Å². The molecule has 0 unspecified atom stereocenters. The standard InChI is InChI=1S/C7H4BrF2NO2/c8-6-3-1-2-5(4-6)7(9,10)11(12)13/h1-4H. The molecule has 13 heavy (non-hydrogen) atoms. The number of halogens is 3. The van der Waals surface area contributed by atoms with Gasteiger partial charge in [-0.05, 0) is 18.2 Å². The highest BCUT2D eigenvalue weighted by atomic mass is 79.9. The second kappa shape index (κ2) is 3.37. The first-order valence-corrected chi connectivity index (χ1v) is 4.02. The molecular formula is C7H4BrF2NO2. The second-order valence-corrected chi connectivity index (χ2v) is 3.22. The van der Waals surface area contributed by atoms with E-state index in [0.29, 0.717) is 4.47 Å². The van der Waals surface area contributed by atoms with Crippen LogP contribution in [0.1, 0.15) is 5.56 Å². The van der Waals surface area contributed by atoms with Crippen LogP contribution in [0.2, 0.25) is 0 Å². The van der Waals surface area contributed by atoms with Gasteiger partial charge in [-0.3, -0.25) is 10.1 Å². The molecule has 0 saturated heterocycles. The molecule has 0 spiro atoms. The summed E-state index contributed by atoms with van der Waals surface area (Å²) in [6.45, 7) is 0. The highest BCUT2D eigenvalue weighted by Crippen LogP contribution is 2.29. The third-order valence-corrected chi connectivity index (χ3v) is 1.89. The first kappa shape index (κ1) is 10.0. The average Bonchev–Trinajstić information content (AvgIpc) is 2.04. The van der Waals surface area contributed by atoms with Crippen molar-refractivity contribution in [3.8, 4) is 0 Å². The molecule has 0 bridgehead atoms. The summed E-state index contributed by atoms with van der Waals surface area (Å²) in [6, 6.07) is 0.830. The molecule has 0 aliphatic carbocycles. The summed E-state index contributed by atoms with van der Waals surface area (Å²) in [6.07, 6.45) is 0. The lowest BCUT2D eigenvalue weighted by Gasteiger charge is -2.06. The Labute approximate surface area is 80.6 Å². The Balaban J connectivity index is 3.14. The van der Waals surface area contributed by atoms with Crippen LogP contribution in [-0.2, 0) is 6.05 Å². The van der Waals surface area contributed by atoms with Crippen LogP contribution in [0.25, 0.3) is 0 Å². The first-order chi connectivity index (χ1) is 5.94. The van der Waals surface area contributed by atoms with Crippen molar-refractivity contribution in [2.75, 3.05) is 0 Å². The van der Waals surface area contributed by atoms with Gasteiger partial charge in [0.2, 0.25) is 0 Å². The minimum atomic E-state index is -4.02. The lowest BCUT2D eigenvalue weighted by molar-refractivity contribution is -0.656. The molecule has 0 N–H and O–H groups in total. The third-order valence-electron chi connectivity index (χ3n) is 1.40. The molecule has 0 aliphatic rings. The quantitative estimate of drug-likeness (QED) is 0.461. The Kier molecular flexibility index (Phi) is 2.60. The molecular weight excluding hydrogens is 248 g/mol. The van der Waals surface area contributed by atoms with Crippen LogP contribution in [0.4, 0.5) is 8.78 Å². The molecule has 0 radical (unpaired) electrons. The summed E-state index contributed by atoms with van der Waals surface area (Å²) < 4.78 is 25.9. The molecule has 0 fully saturated rings. The number of hydrogen-bond donors (Lipinski definition) is 0. The van der Waals surface area contributed by atoms with Gasteiger partial charge in [-0.1, -0.05) is 22.0 Å². The predicted octanol–water partition coefficient (Wildman–Crippen LogP) is 2.78. The Bertz CT molecular complexity index is 343. The first-order valence-electron chi connectivity index (χ1n) is 3.23. The molecule has 0 heterocycles. The fourth-order valence-electron chi connectivity index (χ4n) is 0.781. The zero-order valence-electron chi connectivity index (χ0n) is 6.21. The molecule has 0 saturated carbocycles. The van der Waals surface area contributed by atoms with Crippen LogP contribution in [0.15, 0.2) is 28.7 Å². The monoisotopic (exact) mass is 251 g/mol. The van der Waals surface area contributed by atoms with Crippen LogP contribution in [0, 0.1) is 10.1 Å². The van der Waals surface area contributed by atoms with Gasteiger partial charge < -0.3 is 0 Å². The molecule has 1 aromatic rings. The lowest BCUT2D eigenvalue weighted by atomic mass is 10.2. The van der Waals surface area contributed by atoms with Crippen LogP contribution >= 0.6 is 15.9 Å². The van der Waals surface area contributed by atoms with Crippen molar-refractivity contribution in [2.24, 2.45) is 0 Å². The van der Waals surface area contributed by atoms with Gasteiger partial charge in [0, 0.05) is 4.47 Å². The minimum Gasteiger partial charge on any atom is -0.259 e. The van der Waals surface area contributed by atoms with Gasteiger partial charge in [0.1, 0.15) is 10.5 Å². The zero-order valence-corrected chi connectivity index (χ0v) is 7.79. The third kappa shape index (κ3) is 2.00. The number of nitrogens with zero attached hydrogens (tertiary/aromatic N) is 1. The van der Waals surface area contributed by atoms with Crippen LogP contribution in [0.3, 0.4) is 0 Å². The Morgan fingerprint density at radius 2 is 2.08 bits per heavy atom. The van der Waals surface area contributed by atoms with E-state index in [4.69, 9.17) is 0 Å². The molecule has 6 heteroatoms. The maximum absolute atomic E-state index is 12.7. The molecule has 0 aromatic heterocycles. The summed E-state index contributed by atoms with van der Waals surface area (Å²) >= 11 is 2.95. The average molecular weight is 252 g/mol. The van der Waals surface area contributed by atoms with Crippen molar-refractivity contribution in [2.45, 2.75) is 6.05 Å². The highest BCUT2D eigenvalue weighted by molar-refractivity contribution is 9.10. The fourth-order valence-corrected chi connectivity index (χ4v) is 1.18. The normalized spacial score (nSPS) is 11.3. The van der Waals surface area contributed by atoms with Crippen LogP contribution in [-0.4, -0.2) is 4.92 Å². The molecule has 0 aliphatic heterocycles. The van der Waals surface area contributed by atoms with Crippen molar-refractivity contribution >= 4 is 15.9 Å². The molecule has 0 amide bonds. The van der Waals surface area contributed by atoms with Gasteiger partial charge in [0.15, 0.2) is 0 Å². The van der Waals surface area contributed by atoms with Crippen molar-refractivity contribution in [1.82, 2.24) is 0 Å². The van der Waals surface area contributed by atoms with Crippen LogP contribution in [0.5, 0.6) is 0 Å². The van der Waals surface area contributed by atoms with Gasteiger partial charge in [-0.25, -0.2) is 0 Å². The number of nitro groups is 1. The smallest absolute Gasteiger partial charge is 0.259 e. The van der Waals surface area contributed by atoms with Gasteiger partial charge in [-0.2, -0.15) is 0 Å². The summed E-state index contributed by atoms with van der Waals surface area (Å²) in [7, 11) is 0. The topological polar surface area (TPSA) is 43.1 Å². The minimum absolute atomic E-state index is 0.381. The van der Waals surface area contributed by atoms with Gasteiger partial charge >= 0.3 is 6.05 Å². The van der Waals surface area contributed by atoms with Crippen molar-refractivity contribution in [3.63, 3.8) is 0 Å². The van der Waals surface area contributed by atoms with Crippen LogP contribution < -0.4 is 0 Å². The maximum atomic E-state index is 12.7. The summed E-state index contributed by atoms with van der Waals surface area (Å²) in [5, 5.41) is 9.97. The molecule has 1 aromatic carbocycles. The molecule has 1 rings (SSSR count). The summed E-state index contributed by atoms with van der Waals surface area (Å²) in [5.41, 5.74) is -0.633. The highest BCUT2D eigenvalue weighted by Gasteiger charge is 2.46. The second-order valence-electron chi connectivity index (χ2n) is 2.31. The Morgan fingerprint density at radius 3 is 2.54 bits per heavy atom. The Hall–Kier alpha value is -1.04.